The van der Waals surface area contributed by atoms with Crippen LogP contribution in [0.2, 0.25) is 0 Å². The van der Waals surface area contributed by atoms with Gasteiger partial charge in [0, 0.05) is 32.5 Å². The molecule has 70 valence electrons. The van der Waals surface area contributed by atoms with Crippen molar-refractivity contribution in [1.29, 1.82) is 0 Å². The number of rotatable bonds is 1. The maximum Gasteiger partial charge on any atom is 0.244 e. The summed E-state index contributed by atoms with van der Waals surface area (Å²) in [5, 5.41) is 5.73. The number of amides is 1. The molecule has 1 amide bonds. The zero-order chi connectivity index (χ0) is 9.26. The van der Waals surface area contributed by atoms with Crippen molar-refractivity contribution in [2.45, 2.75) is 12.6 Å². The highest BCUT2D eigenvalue weighted by Crippen LogP contribution is 2.14. The molecule has 0 aliphatic carbocycles. The molecule has 0 saturated heterocycles. The smallest absolute Gasteiger partial charge is 0.244 e. The lowest BCUT2D eigenvalue weighted by molar-refractivity contribution is -0.123. The summed E-state index contributed by atoms with van der Waals surface area (Å²) < 4.78 is 2.00. The first kappa shape index (κ1) is 8.25. The molecule has 0 aromatic carbocycles. The molecule has 2 rings (SSSR count). The molecule has 13 heavy (non-hydrogen) atoms. The molecule has 2 N–H and O–H groups in total. The van der Waals surface area contributed by atoms with Crippen molar-refractivity contribution in [2.24, 2.45) is 0 Å². The van der Waals surface area contributed by atoms with E-state index in [1.165, 1.54) is 0 Å². The van der Waals surface area contributed by atoms with Gasteiger partial charge in [-0.05, 0) is 0 Å². The number of carbonyl (C=O) groups excluding carboxylic acids is 1. The number of hydrogen-bond acceptors (Lipinski definition) is 3. The number of nitrogens with zero attached hydrogens (tertiary/aromatic N) is 2. The summed E-state index contributed by atoms with van der Waals surface area (Å²) in [5.41, 5.74) is 0. The minimum absolute atomic E-state index is 0.0350. The van der Waals surface area contributed by atoms with Crippen molar-refractivity contribution >= 4 is 5.91 Å². The van der Waals surface area contributed by atoms with Gasteiger partial charge >= 0.3 is 0 Å². The second-order valence-corrected chi connectivity index (χ2v) is 2.98. The molecule has 5 heteroatoms. The quantitative estimate of drug-likeness (QED) is 0.599. The first-order chi connectivity index (χ1) is 6.33. The van der Waals surface area contributed by atoms with E-state index in [-0.39, 0.29) is 11.9 Å². The van der Waals surface area contributed by atoms with Crippen LogP contribution in [-0.2, 0) is 11.3 Å². The fourth-order valence-electron chi connectivity index (χ4n) is 1.55. The van der Waals surface area contributed by atoms with Gasteiger partial charge < -0.3 is 9.88 Å². The summed E-state index contributed by atoms with van der Waals surface area (Å²) in [6, 6.07) is -0.297. The van der Waals surface area contributed by atoms with Crippen molar-refractivity contribution in [2.75, 3.05) is 13.6 Å². The monoisotopic (exact) mass is 180 g/mol. The predicted octanol–water partition coefficient (Wildman–Crippen LogP) is -0.727. The zero-order valence-corrected chi connectivity index (χ0v) is 7.45. The van der Waals surface area contributed by atoms with E-state index in [4.69, 9.17) is 0 Å². The number of nitrogens with one attached hydrogen (secondary N) is 2. The largest absolute Gasteiger partial charge is 0.357 e. The average molecular weight is 180 g/mol. The Bertz CT molecular complexity index is 320. The van der Waals surface area contributed by atoms with Gasteiger partial charge in [0.25, 0.3) is 0 Å². The minimum Gasteiger partial charge on any atom is -0.357 e. The Balaban J connectivity index is 2.30. The molecule has 1 atom stereocenters. The van der Waals surface area contributed by atoms with Gasteiger partial charge in [-0.2, -0.15) is 0 Å². The normalized spacial score (nSPS) is 20.8. The third-order valence-electron chi connectivity index (χ3n) is 2.22. The maximum atomic E-state index is 11.4. The standard InChI is InChI=1S/C8H12N4O/c1-9-8(13)6-7-11-3-5-12(7)4-2-10-6/h3,5-6,10H,2,4H2,1H3,(H,9,13)/t6-/m1/s1. The second kappa shape index (κ2) is 3.18. The van der Waals surface area contributed by atoms with E-state index >= 15 is 0 Å². The van der Waals surface area contributed by atoms with Gasteiger partial charge in [-0.1, -0.05) is 0 Å². The predicted molar refractivity (Wildman–Crippen MR) is 47.0 cm³/mol. The Kier molecular flexibility index (Phi) is 2.02. The van der Waals surface area contributed by atoms with Crippen LogP contribution < -0.4 is 10.6 Å². The number of imidazole rings is 1. The van der Waals surface area contributed by atoms with Gasteiger partial charge in [0.05, 0.1) is 0 Å². The van der Waals surface area contributed by atoms with Gasteiger partial charge in [0.15, 0.2) is 0 Å². The van der Waals surface area contributed by atoms with Crippen LogP contribution in [-0.4, -0.2) is 29.1 Å². The van der Waals surface area contributed by atoms with Crippen LogP contribution in [0.3, 0.4) is 0 Å². The van der Waals surface area contributed by atoms with Crippen molar-refractivity contribution in [3.8, 4) is 0 Å². The van der Waals surface area contributed by atoms with Crippen molar-refractivity contribution in [3.63, 3.8) is 0 Å². The van der Waals surface area contributed by atoms with Gasteiger partial charge in [0.2, 0.25) is 5.91 Å². The molecular formula is C8H12N4O. The molecule has 0 saturated carbocycles. The highest BCUT2D eigenvalue weighted by molar-refractivity contribution is 5.82. The summed E-state index contributed by atoms with van der Waals surface area (Å²) in [4.78, 5) is 15.5. The molecule has 1 aliphatic heterocycles. The molecule has 5 nitrogen and oxygen atoms in total. The summed E-state index contributed by atoms with van der Waals surface area (Å²) in [7, 11) is 1.63. The Labute approximate surface area is 76.2 Å². The molecule has 0 fully saturated rings. The SMILES string of the molecule is CNC(=O)[C@@H]1NCCn2ccnc21. The zero-order valence-electron chi connectivity index (χ0n) is 7.45. The molecular weight excluding hydrogens is 168 g/mol. The molecule has 1 aliphatic rings. The minimum atomic E-state index is -0.297. The fourth-order valence-corrected chi connectivity index (χ4v) is 1.55. The first-order valence-corrected chi connectivity index (χ1v) is 4.29. The van der Waals surface area contributed by atoms with Crippen LogP contribution in [0.5, 0.6) is 0 Å². The summed E-state index contributed by atoms with van der Waals surface area (Å²) in [6.07, 6.45) is 3.62. The van der Waals surface area contributed by atoms with Crippen LogP contribution >= 0.6 is 0 Å². The highest BCUT2D eigenvalue weighted by atomic mass is 16.2. The third-order valence-corrected chi connectivity index (χ3v) is 2.22. The van der Waals surface area contributed by atoms with E-state index in [9.17, 15) is 4.79 Å². The van der Waals surface area contributed by atoms with Crippen molar-refractivity contribution in [3.05, 3.63) is 18.2 Å². The first-order valence-electron chi connectivity index (χ1n) is 4.29. The van der Waals surface area contributed by atoms with Crippen molar-refractivity contribution in [1.82, 2.24) is 20.2 Å². The van der Waals surface area contributed by atoms with E-state index in [0.717, 1.165) is 18.9 Å². The molecule has 2 heterocycles. The molecule has 0 unspecified atom stereocenters. The van der Waals surface area contributed by atoms with Crippen LogP contribution in [0.4, 0.5) is 0 Å². The lowest BCUT2D eigenvalue weighted by Crippen LogP contribution is -2.42. The highest BCUT2D eigenvalue weighted by Gasteiger charge is 2.26. The van der Waals surface area contributed by atoms with Crippen LogP contribution in [0.15, 0.2) is 12.4 Å². The van der Waals surface area contributed by atoms with E-state index in [0.29, 0.717) is 0 Å². The maximum absolute atomic E-state index is 11.4. The van der Waals surface area contributed by atoms with E-state index in [1.54, 1.807) is 13.2 Å². The Morgan fingerprint density at radius 1 is 1.85 bits per heavy atom. The van der Waals surface area contributed by atoms with Crippen LogP contribution in [0.25, 0.3) is 0 Å². The fraction of sp³-hybridized carbons (Fsp3) is 0.500. The summed E-state index contributed by atoms with van der Waals surface area (Å²) >= 11 is 0. The Morgan fingerprint density at radius 2 is 2.69 bits per heavy atom. The number of hydrogen-bond donors (Lipinski definition) is 2. The van der Waals surface area contributed by atoms with Gasteiger partial charge in [0.1, 0.15) is 11.9 Å². The molecule has 0 bridgehead atoms. The Morgan fingerprint density at radius 3 is 3.46 bits per heavy atom. The number of aromatic nitrogens is 2. The van der Waals surface area contributed by atoms with Crippen LogP contribution in [0, 0.1) is 0 Å². The molecule has 0 radical (unpaired) electrons. The average Bonchev–Trinajstić information content (AvgIpc) is 2.63. The van der Waals surface area contributed by atoms with E-state index in [1.807, 2.05) is 10.8 Å². The second-order valence-electron chi connectivity index (χ2n) is 2.98. The topological polar surface area (TPSA) is 59.0 Å². The third kappa shape index (κ3) is 1.31. The lowest BCUT2D eigenvalue weighted by atomic mass is 10.2. The summed E-state index contributed by atoms with van der Waals surface area (Å²) in [5.74, 6) is 0.762. The van der Waals surface area contributed by atoms with Crippen LogP contribution in [0.1, 0.15) is 11.9 Å². The van der Waals surface area contributed by atoms with Gasteiger partial charge in [-0.3, -0.25) is 10.1 Å². The Hall–Kier alpha value is -1.36. The van der Waals surface area contributed by atoms with E-state index < -0.39 is 0 Å². The number of fused-ring (bicyclic) bond motifs is 1. The van der Waals surface area contributed by atoms with Gasteiger partial charge in [-0.15, -0.1) is 0 Å². The van der Waals surface area contributed by atoms with Crippen molar-refractivity contribution < 1.29 is 4.79 Å². The van der Waals surface area contributed by atoms with E-state index in [2.05, 4.69) is 15.6 Å². The molecule has 0 spiro atoms. The summed E-state index contributed by atoms with van der Waals surface area (Å²) in [6.45, 7) is 1.68. The molecule has 1 aromatic heterocycles. The van der Waals surface area contributed by atoms with Gasteiger partial charge in [-0.25, -0.2) is 4.98 Å². The molecule has 1 aromatic rings. The number of likely N-dealkylation sites (N-methyl/N-ethyl adjacent to an activating group) is 1. The lowest BCUT2D eigenvalue weighted by Gasteiger charge is -2.23. The number of carbonyl (C=O) groups is 1.